The molecule has 1 atom stereocenters. The van der Waals surface area contributed by atoms with Crippen LogP contribution in [-0.2, 0) is 19.6 Å². The van der Waals surface area contributed by atoms with E-state index in [1.165, 1.54) is 16.4 Å². The number of anilines is 1. The Morgan fingerprint density at radius 2 is 2.08 bits per heavy atom. The quantitative estimate of drug-likeness (QED) is 0.700. The van der Waals surface area contributed by atoms with Crippen molar-refractivity contribution in [2.45, 2.75) is 17.4 Å². The second-order valence-electron chi connectivity index (χ2n) is 5.42. The lowest BCUT2D eigenvalue weighted by Gasteiger charge is -2.26. The smallest absolute Gasteiger partial charge is 0.243 e. The Labute approximate surface area is 159 Å². The molecule has 2 rings (SSSR count). The van der Waals surface area contributed by atoms with Gasteiger partial charge in [-0.15, -0.1) is 12.4 Å². The standard InChI is InChI=1S/C15H23N3O4S2.ClH/c1-23-10-5-14(16)15(19)17-12-3-2-4-13(11-12)24(20,21)18-6-8-22-9-7-18;/h2-4,11,14H,5-10,16H2,1H3,(H,17,19);1H/t14-;/m0./s1. The number of hydrogen-bond donors (Lipinski definition) is 2. The maximum Gasteiger partial charge on any atom is 0.243 e. The van der Waals surface area contributed by atoms with E-state index in [1.54, 1.807) is 23.9 Å². The third kappa shape index (κ3) is 6.12. The summed E-state index contributed by atoms with van der Waals surface area (Å²) in [6.45, 7) is 1.44. The molecule has 1 saturated heterocycles. The Morgan fingerprint density at radius 3 is 2.72 bits per heavy atom. The molecule has 10 heteroatoms. The van der Waals surface area contributed by atoms with E-state index in [1.807, 2.05) is 6.26 Å². The van der Waals surface area contributed by atoms with E-state index in [0.717, 1.165) is 5.75 Å². The molecule has 1 heterocycles. The van der Waals surface area contributed by atoms with E-state index in [0.29, 0.717) is 38.4 Å². The maximum absolute atomic E-state index is 12.6. The van der Waals surface area contributed by atoms with Crippen LogP contribution in [0.4, 0.5) is 5.69 Å². The van der Waals surface area contributed by atoms with Crippen molar-refractivity contribution in [3.8, 4) is 0 Å². The monoisotopic (exact) mass is 409 g/mol. The van der Waals surface area contributed by atoms with Crippen LogP contribution < -0.4 is 11.1 Å². The minimum Gasteiger partial charge on any atom is -0.379 e. The SMILES string of the molecule is CSCC[C@H](N)C(=O)Nc1cccc(S(=O)(=O)N2CCOCC2)c1.Cl. The summed E-state index contributed by atoms with van der Waals surface area (Å²) in [5.41, 5.74) is 6.25. The largest absolute Gasteiger partial charge is 0.379 e. The molecule has 0 aromatic heterocycles. The zero-order chi connectivity index (χ0) is 17.6. The highest BCUT2D eigenvalue weighted by atomic mass is 35.5. The Kier molecular flexibility index (Phi) is 9.19. The molecule has 0 radical (unpaired) electrons. The molecule has 1 fully saturated rings. The summed E-state index contributed by atoms with van der Waals surface area (Å²) in [7, 11) is -3.59. The van der Waals surface area contributed by atoms with Crippen molar-refractivity contribution in [2.24, 2.45) is 5.73 Å². The number of nitrogens with two attached hydrogens (primary N) is 1. The van der Waals surface area contributed by atoms with Gasteiger partial charge in [-0.1, -0.05) is 6.07 Å². The molecule has 1 aromatic rings. The van der Waals surface area contributed by atoms with Crippen molar-refractivity contribution >= 4 is 45.8 Å². The number of thioether (sulfide) groups is 1. The number of sulfonamides is 1. The van der Waals surface area contributed by atoms with Gasteiger partial charge in [-0.25, -0.2) is 8.42 Å². The van der Waals surface area contributed by atoms with Crippen LogP contribution in [-0.4, -0.2) is 63.0 Å². The number of benzene rings is 1. The number of rotatable bonds is 7. The third-order valence-electron chi connectivity index (χ3n) is 3.68. The fourth-order valence-electron chi connectivity index (χ4n) is 2.28. The molecule has 0 bridgehead atoms. The molecule has 1 aliphatic rings. The molecule has 7 nitrogen and oxygen atoms in total. The van der Waals surface area contributed by atoms with E-state index < -0.39 is 16.1 Å². The molecule has 142 valence electrons. The normalized spacial score (nSPS) is 16.7. The summed E-state index contributed by atoms with van der Waals surface area (Å²) >= 11 is 1.62. The summed E-state index contributed by atoms with van der Waals surface area (Å²) < 4.78 is 31.8. The number of halogens is 1. The number of ether oxygens (including phenoxy) is 1. The van der Waals surface area contributed by atoms with Crippen molar-refractivity contribution < 1.29 is 17.9 Å². The van der Waals surface area contributed by atoms with Gasteiger partial charge in [0, 0.05) is 18.8 Å². The second kappa shape index (κ2) is 10.3. The molecule has 1 aromatic carbocycles. The number of carbonyl (C=O) groups is 1. The van der Waals surface area contributed by atoms with Gasteiger partial charge in [0.05, 0.1) is 24.2 Å². The van der Waals surface area contributed by atoms with Gasteiger partial charge in [0.1, 0.15) is 0 Å². The first kappa shape index (κ1) is 22.2. The topological polar surface area (TPSA) is 102 Å². The van der Waals surface area contributed by atoms with Gasteiger partial charge in [-0.05, 0) is 36.6 Å². The van der Waals surface area contributed by atoms with Gasteiger partial charge in [0.25, 0.3) is 0 Å². The average molecular weight is 410 g/mol. The first-order chi connectivity index (χ1) is 11.4. The highest BCUT2D eigenvalue weighted by Crippen LogP contribution is 2.20. The molecule has 0 spiro atoms. The van der Waals surface area contributed by atoms with Gasteiger partial charge >= 0.3 is 0 Å². The predicted molar refractivity (Wildman–Crippen MR) is 103 cm³/mol. The number of morpholine rings is 1. The lowest BCUT2D eigenvalue weighted by molar-refractivity contribution is -0.117. The number of nitrogens with one attached hydrogen (secondary N) is 1. The Morgan fingerprint density at radius 1 is 1.40 bits per heavy atom. The van der Waals surface area contributed by atoms with Crippen LogP contribution in [0.3, 0.4) is 0 Å². The second-order valence-corrected chi connectivity index (χ2v) is 8.35. The van der Waals surface area contributed by atoms with E-state index in [2.05, 4.69) is 5.32 Å². The van der Waals surface area contributed by atoms with Crippen LogP contribution in [0.2, 0.25) is 0 Å². The summed E-state index contributed by atoms with van der Waals surface area (Å²) in [5.74, 6) is 0.477. The Balaban J connectivity index is 0.00000312. The first-order valence-electron chi connectivity index (χ1n) is 7.68. The minimum absolute atomic E-state index is 0. The maximum atomic E-state index is 12.6. The molecular weight excluding hydrogens is 386 g/mol. The number of nitrogens with zero attached hydrogens (tertiary/aromatic N) is 1. The van der Waals surface area contributed by atoms with Gasteiger partial charge < -0.3 is 15.8 Å². The molecule has 1 aliphatic heterocycles. The fraction of sp³-hybridized carbons (Fsp3) is 0.533. The average Bonchev–Trinajstić information content (AvgIpc) is 2.60. The zero-order valence-corrected chi connectivity index (χ0v) is 16.5. The summed E-state index contributed by atoms with van der Waals surface area (Å²) in [4.78, 5) is 12.2. The van der Waals surface area contributed by atoms with Gasteiger partial charge in [-0.2, -0.15) is 16.1 Å². The highest BCUT2D eigenvalue weighted by molar-refractivity contribution is 7.98. The van der Waals surface area contributed by atoms with Crippen LogP contribution >= 0.6 is 24.2 Å². The predicted octanol–water partition coefficient (Wildman–Crippen LogP) is 1.15. The number of carbonyl (C=O) groups excluding carboxylic acids is 1. The van der Waals surface area contributed by atoms with Crippen molar-refractivity contribution in [1.29, 1.82) is 0 Å². The van der Waals surface area contributed by atoms with E-state index >= 15 is 0 Å². The van der Waals surface area contributed by atoms with Gasteiger partial charge in [-0.3, -0.25) is 4.79 Å². The molecular formula is C15H24ClN3O4S2. The summed E-state index contributed by atoms with van der Waals surface area (Å²) in [5, 5.41) is 2.69. The number of hydrogen-bond acceptors (Lipinski definition) is 6. The van der Waals surface area contributed by atoms with Crippen molar-refractivity contribution in [3.05, 3.63) is 24.3 Å². The van der Waals surface area contributed by atoms with E-state index in [9.17, 15) is 13.2 Å². The van der Waals surface area contributed by atoms with Crippen LogP contribution in [0.1, 0.15) is 6.42 Å². The summed E-state index contributed by atoms with van der Waals surface area (Å²) in [6, 6.07) is 5.63. The van der Waals surface area contributed by atoms with E-state index in [4.69, 9.17) is 10.5 Å². The Bertz CT molecular complexity index is 666. The van der Waals surface area contributed by atoms with Crippen molar-refractivity contribution in [1.82, 2.24) is 4.31 Å². The summed E-state index contributed by atoms with van der Waals surface area (Å²) in [6.07, 6.45) is 2.52. The first-order valence-corrected chi connectivity index (χ1v) is 10.5. The van der Waals surface area contributed by atoms with Crippen LogP contribution in [0.15, 0.2) is 29.2 Å². The lowest BCUT2D eigenvalue weighted by Crippen LogP contribution is -2.40. The molecule has 1 amide bonds. The minimum atomic E-state index is -3.59. The number of amides is 1. The lowest BCUT2D eigenvalue weighted by atomic mass is 10.2. The van der Waals surface area contributed by atoms with Crippen LogP contribution in [0.25, 0.3) is 0 Å². The third-order valence-corrected chi connectivity index (χ3v) is 6.22. The van der Waals surface area contributed by atoms with Crippen LogP contribution in [0, 0.1) is 0 Å². The molecule has 0 aliphatic carbocycles. The Hall–Kier alpha value is -0.840. The van der Waals surface area contributed by atoms with E-state index in [-0.39, 0.29) is 23.2 Å². The zero-order valence-electron chi connectivity index (χ0n) is 14.0. The molecule has 25 heavy (non-hydrogen) atoms. The van der Waals surface area contributed by atoms with Crippen molar-refractivity contribution in [2.75, 3.05) is 43.6 Å². The van der Waals surface area contributed by atoms with Crippen LogP contribution in [0.5, 0.6) is 0 Å². The van der Waals surface area contributed by atoms with Gasteiger partial charge in [0.15, 0.2) is 0 Å². The van der Waals surface area contributed by atoms with Crippen molar-refractivity contribution in [3.63, 3.8) is 0 Å². The van der Waals surface area contributed by atoms with Gasteiger partial charge in [0.2, 0.25) is 15.9 Å². The molecule has 0 unspecified atom stereocenters. The molecule has 0 saturated carbocycles. The fourth-order valence-corrected chi connectivity index (χ4v) is 4.23. The highest BCUT2D eigenvalue weighted by Gasteiger charge is 2.26. The molecule has 3 N–H and O–H groups in total.